The van der Waals surface area contributed by atoms with Crippen molar-refractivity contribution >= 4 is 45.6 Å². The molecule has 4 heterocycles. The van der Waals surface area contributed by atoms with Gasteiger partial charge >= 0.3 is 5.97 Å². The maximum absolute atomic E-state index is 13.9. The maximum Gasteiger partial charge on any atom is 0.338 e. The molecule has 8 nitrogen and oxygen atoms in total. The van der Waals surface area contributed by atoms with Crippen molar-refractivity contribution in [3.05, 3.63) is 114 Å². The number of benzene rings is 2. The molecule has 10 heteroatoms. The largest absolute Gasteiger partial charge is 0.497 e. The maximum atomic E-state index is 13.9. The summed E-state index contributed by atoms with van der Waals surface area (Å²) >= 11 is 2.81. The molecule has 0 amide bonds. The summed E-state index contributed by atoms with van der Waals surface area (Å²) in [4.78, 5) is 32.7. The molecule has 1 aliphatic heterocycles. The minimum absolute atomic E-state index is 0.194. The Kier molecular flexibility index (Phi) is 7.34. The number of thiophene rings is 1. The van der Waals surface area contributed by atoms with Gasteiger partial charge in [-0.2, -0.15) is 0 Å². The predicted octanol–water partition coefficient (Wildman–Crippen LogP) is 4.51. The second-order valence-electron chi connectivity index (χ2n) is 9.41. The van der Waals surface area contributed by atoms with E-state index in [1.165, 1.54) is 29.8 Å². The van der Waals surface area contributed by atoms with Crippen LogP contribution in [0.3, 0.4) is 0 Å². The summed E-state index contributed by atoms with van der Waals surface area (Å²) in [6, 6.07) is 18.8. The first-order valence-corrected chi connectivity index (χ1v) is 14.7. The molecular formula is C31H27N3O5S2. The first kappa shape index (κ1) is 26.8. The molecule has 6 rings (SSSR count). The fraction of sp³-hybridized carbons (Fsp3) is 0.194. The van der Waals surface area contributed by atoms with Crippen LogP contribution in [0.15, 0.2) is 93.3 Å². The van der Waals surface area contributed by atoms with Crippen LogP contribution in [-0.2, 0) is 16.1 Å². The molecule has 3 aromatic heterocycles. The number of ether oxygens (including phenoxy) is 3. The zero-order chi connectivity index (χ0) is 28.5. The second-order valence-corrected chi connectivity index (χ2v) is 11.4. The van der Waals surface area contributed by atoms with Gasteiger partial charge in [-0.15, -0.1) is 11.3 Å². The van der Waals surface area contributed by atoms with Crippen molar-refractivity contribution in [2.24, 2.45) is 4.99 Å². The third kappa shape index (κ3) is 5.00. The number of carbonyl (C=O) groups excluding carboxylic acids is 1. The van der Waals surface area contributed by atoms with Crippen molar-refractivity contribution in [1.82, 2.24) is 9.13 Å². The van der Waals surface area contributed by atoms with E-state index in [1.54, 1.807) is 18.6 Å². The lowest BCUT2D eigenvalue weighted by Gasteiger charge is -2.22. The Morgan fingerprint density at radius 1 is 1.05 bits per heavy atom. The number of fused-ring (bicyclic) bond motifs is 2. The molecule has 0 saturated heterocycles. The van der Waals surface area contributed by atoms with Crippen LogP contribution in [0.5, 0.6) is 11.5 Å². The van der Waals surface area contributed by atoms with Crippen molar-refractivity contribution in [2.45, 2.75) is 19.5 Å². The Labute approximate surface area is 243 Å². The molecule has 0 aliphatic carbocycles. The average molecular weight is 586 g/mol. The normalized spacial score (nSPS) is 15.1. The molecule has 0 saturated carbocycles. The van der Waals surface area contributed by atoms with Gasteiger partial charge in [-0.25, -0.2) is 9.79 Å². The number of aromatic nitrogens is 2. The van der Waals surface area contributed by atoms with E-state index in [4.69, 9.17) is 14.2 Å². The summed E-state index contributed by atoms with van der Waals surface area (Å²) in [5.41, 5.74) is 2.71. The third-order valence-electron chi connectivity index (χ3n) is 7.01. The number of thiazole rings is 1. The molecule has 208 valence electrons. The summed E-state index contributed by atoms with van der Waals surface area (Å²) in [5.74, 6) is 1.06. The molecule has 41 heavy (non-hydrogen) atoms. The van der Waals surface area contributed by atoms with Crippen LogP contribution >= 0.6 is 22.7 Å². The zero-order valence-electron chi connectivity index (χ0n) is 22.7. The number of methoxy groups -OCH3 is 2. The molecule has 1 atom stereocenters. The van der Waals surface area contributed by atoms with Crippen LogP contribution in [0, 0.1) is 0 Å². The van der Waals surface area contributed by atoms with Crippen molar-refractivity contribution in [3.8, 4) is 11.5 Å². The molecule has 0 spiro atoms. The van der Waals surface area contributed by atoms with E-state index >= 15 is 0 Å². The number of esters is 1. The minimum Gasteiger partial charge on any atom is -0.497 e. The van der Waals surface area contributed by atoms with Crippen LogP contribution in [-0.4, -0.2) is 35.9 Å². The average Bonchev–Trinajstić information content (AvgIpc) is 3.72. The number of rotatable bonds is 8. The predicted molar refractivity (Wildman–Crippen MR) is 161 cm³/mol. The van der Waals surface area contributed by atoms with Crippen LogP contribution in [0.4, 0.5) is 0 Å². The number of hydrogen-bond acceptors (Lipinski definition) is 8. The zero-order valence-corrected chi connectivity index (χ0v) is 24.3. The van der Waals surface area contributed by atoms with Crippen LogP contribution < -0.4 is 24.4 Å². The summed E-state index contributed by atoms with van der Waals surface area (Å²) in [6.45, 7) is 2.89. The van der Waals surface area contributed by atoms with E-state index in [2.05, 4.69) is 15.6 Å². The monoisotopic (exact) mass is 585 g/mol. The van der Waals surface area contributed by atoms with Gasteiger partial charge in [0, 0.05) is 27.5 Å². The van der Waals surface area contributed by atoms with Gasteiger partial charge in [0.2, 0.25) is 0 Å². The summed E-state index contributed by atoms with van der Waals surface area (Å²) in [6.07, 6.45) is 3.96. The smallest absolute Gasteiger partial charge is 0.338 e. The molecule has 0 bridgehead atoms. The quantitative estimate of drug-likeness (QED) is 0.250. The van der Waals surface area contributed by atoms with Crippen molar-refractivity contribution in [1.29, 1.82) is 0 Å². The highest BCUT2D eigenvalue weighted by atomic mass is 32.1. The van der Waals surface area contributed by atoms with E-state index in [0.717, 1.165) is 32.8 Å². The van der Waals surface area contributed by atoms with Gasteiger partial charge in [-0.3, -0.25) is 9.36 Å². The molecule has 0 radical (unpaired) electrons. The number of allylic oxidation sites excluding steroid dienone is 1. The van der Waals surface area contributed by atoms with Crippen molar-refractivity contribution in [2.75, 3.05) is 20.8 Å². The lowest BCUT2D eigenvalue weighted by atomic mass is 10.0. The van der Waals surface area contributed by atoms with E-state index in [-0.39, 0.29) is 5.56 Å². The molecule has 1 aliphatic rings. The number of nitrogens with zero attached hydrogens (tertiary/aromatic N) is 3. The van der Waals surface area contributed by atoms with Gasteiger partial charge in [-0.05, 0) is 54.8 Å². The lowest BCUT2D eigenvalue weighted by Crippen LogP contribution is -2.39. The van der Waals surface area contributed by atoms with Gasteiger partial charge in [-0.1, -0.05) is 35.6 Å². The lowest BCUT2D eigenvalue weighted by molar-refractivity contribution is -0.136. The first-order valence-electron chi connectivity index (χ1n) is 13.0. The van der Waals surface area contributed by atoms with Gasteiger partial charge in [0.15, 0.2) is 4.80 Å². The molecule has 0 N–H and O–H groups in total. The minimum atomic E-state index is -0.586. The fourth-order valence-electron chi connectivity index (χ4n) is 5.06. The van der Waals surface area contributed by atoms with E-state index in [0.29, 0.717) is 33.8 Å². The van der Waals surface area contributed by atoms with Crippen LogP contribution in [0.2, 0.25) is 0 Å². The molecule has 0 fully saturated rings. The Balaban J connectivity index is 1.37. The van der Waals surface area contributed by atoms with Crippen LogP contribution in [0.25, 0.3) is 17.0 Å². The summed E-state index contributed by atoms with van der Waals surface area (Å²) in [7, 11) is 2.98. The molecular weight excluding hydrogens is 558 g/mol. The highest BCUT2D eigenvalue weighted by Gasteiger charge is 2.33. The van der Waals surface area contributed by atoms with Gasteiger partial charge < -0.3 is 18.8 Å². The Morgan fingerprint density at radius 3 is 2.56 bits per heavy atom. The molecule has 5 aromatic rings. The SMILES string of the molecule is COC(=O)C1=C(C)N=c2sc(=Cc3cn(CCOc4ccc(OC)cc4)c4ccccc34)c(=O)n2C1c1cccs1. The van der Waals surface area contributed by atoms with Crippen molar-refractivity contribution in [3.63, 3.8) is 0 Å². The topological polar surface area (TPSA) is 84.1 Å². The number of hydrogen-bond donors (Lipinski definition) is 0. The summed E-state index contributed by atoms with van der Waals surface area (Å²) in [5, 5.41) is 2.96. The van der Waals surface area contributed by atoms with E-state index in [9.17, 15) is 9.59 Å². The van der Waals surface area contributed by atoms with Gasteiger partial charge in [0.05, 0.1) is 36.6 Å². The second kappa shape index (κ2) is 11.2. The standard InChI is InChI=1S/C31H27N3O5S2/c1-19-27(30(36)38-3)28(25-9-6-16-40-25)34-29(35)26(41-31(34)32-19)17-20-18-33(24-8-5-4-7-23(20)24)14-15-39-22-12-10-21(37-2)11-13-22/h4-13,16-18,28H,14-15H2,1-3H3. The van der Waals surface area contributed by atoms with Gasteiger partial charge in [0.1, 0.15) is 24.1 Å². The third-order valence-corrected chi connectivity index (χ3v) is 8.91. The highest BCUT2D eigenvalue weighted by molar-refractivity contribution is 7.10. The Morgan fingerprint density at radius 2 is 1.83 bits per heavy atom. The van der Waals surface area contributed by atoms with Crippen molar-refractivity contribution < 1.29 is 19.0 Å². The first-order chi connectivity index (χ1) is 20.0. The van der Waals surface area contributed by atoms with Crippen LogP contribution in [0.1, 0.15) is 23.4 Å². The van der Waals surface area contributed by atoms with E-state index < -0.39 is 12.0 Å². The summed E-state index contributed by atoms with van der Waals surface area (Å²) < 4.78 is 20.5. The number of carbonyl (C=O) groups is 1. The molecule has 2 aromatic carbocycles. The van der Waals surface area contributed by atoms with E-state index in [1.807, 2.05) is 72.3 Å². The number of para-hydroxylation sites is 1. The highest BCUT2D eigenvalue weighted by Crippen LogP contribution is 2.33. The fourth-order valence-corrected chi connectivity index (χ4v) is 6.92. The Bertz CT molecular complexity index is 1950. The molecule has 1 unspecified atom stereocenters. The Hall–Kier alpha value is -4.41. The van der Waals surface area contributed by atoms with Gasteiger partial charge in [0.25, 0.3) is 5.56 Å².